The third-order valence-electron chi connectivity index (χ3n) is 3.58. The largest absolute Gasteiger partial charge is 0.481 e. The van der Waals surface area contributed by atoms with Crippen LogP contribution in [-0.4, -0.2) is 34.1 Å². The molecule has 0 amide bonds. The molecule has 0 unspecified atom stereocenters. The lowest BCUT2D eigenvalue weighted by Gasteiger charge is -2.17. The van der Waals surface area contributed by atoms with Gasteiger partial charge in [-0.3, -0.25) is 4.79 Å². The van der Waals surface area contributed by atoms with Crippen molar-refractivity contribution >= 4 is 11.8 Å². The minimum absolute atomic E-state index is 0.301. The first-order valence-electron chi connectivity index (χ1n) is 6.59. The van der Waals surface area contributed by atoms with Gasteiger partial charge in [-0.15, -0.1) is 0 Å². The molecule has 5 nitrogen and oxygen atoms in total. The second-order valence-electron chi connectivity index (χ2n) is 4.90. The molecule has 3 rings (SSSR count). The van der Waals surface area contributed by atoms with Gasteiger partial charge in [-0.25, -0.2) is 9.97 Å². The van der Waals surface area contributed by atoms with Crippen molar-refractivity contribution in [3.05, 3.63) is 42.7 Å². The minimum atomic E-state index is -0.732. The normalized spacial score (nSPS) is 18.2. The van der Waals surface area contributed by atoms with E-state index in [9.17, 15) is 4.79 Å². The first-order chi connectivity index (χ1) is 9.74. The van der Waals surface area contributed by atoms with Crippen LogP contribution in [0.3, 0.4) is 0 Å². The summed E-state index contributed by atoms with van der Waals surface area (Å²) in [5, 5.41) is 9.05. The predicted molar refractivity (Wildman–Crippen MR) is 75.4 cm³/mol. The van der Waals surface area contributed by atoms with Gasteiger partial charge in [0.15, 0.2) is 0 Å². The van der Waals surface area contributed by atoms with E-state index in [2.05, 4.69) is 9.97 Å². The number of carboxylic acid groups (broad SMARTS) is 1. The average Bonchev–Trinajstić information content (AvgIpc) is 2.98. The van der Waals surface area contributed by atoms with E-state index in [0.717, 1.165) is 23.6 Å². The fourth-order valence-corrected chi connectivity index (χ4v) is 2.46. The molecule has 2 aromatic rings. The summed E-state index contributed by atoms with van der Waals surface area (Å²) in [7, 11) is 0. The van der Waals surface area contributed by atoms with Gasteiger partial charge in [0.25, 0.3) is 0 Å². The Morgan fingerprint density at radius 2 is 2.05 bits per heavy atom. The van der Waals surface area contributed by atoms with Crippen molar-refractivity contribution in [3.8, 4) is 11.3 Å². The summed E-state index contributed by atoms with van der Waals surface area (Å²) >= 11 is 0. The van der Waals surface area contributed by atoms with Gasteiger partial charge in [-0.1, -0.05) is 30.3 Å². The van der Waals surface area contributed by atoms with Crippen LogP contribution < -0.4 is 4.90 Å². The highest BCUT2D eigenvalue weighted by Gasteiger charge is 2.28. The van der Waals surface area contributed by atoms with Crippen LogP contribution in [0.2, 0.25) is 0 Å². The fourth-order valence-electron chi connectivity index (χ4n) is 2.46. The Labute approximate surface area is 116 Å². The second-order valence-corrected chi connectivity index (χ2v) is 4.90. The zero-order chi connectivity index (χ0) is 13.9. The Bertz CT molecular complexity index is 616. The van der Waals surface area contributed by atoms with Crippen LogP contribution in [0.25, 0.3) is 11.3 Å². The first kappa shape index (κ1) is 12.6. The van der Waals surface area contributed by atoms with Crippen molar-refractivity contribution in [1.82, 2.24) is 9.97 Å². The molecular formula is C15H15N3O2. The molecule has 1 atom stereocenters. The standard InChI is InChI=1S/C15H15N3O2/c19-15(20)12-6-7-18(9-12)14-8-13(16-10-17-14)11-4-2-1-3-5-11/h1-5,8,10,12H,6-7,9H2,(H,19,20)/t12-/m1/s1. The summed E-state index contributed by atoms with van der Waals surface area (Å²) < 4.78 is 0. The van der Waals surface area contributed by atoms with E-state index in [4.69, 9.17) is 5.11 Å². The number of rotatable bonds is 3. The van der Waals surface area contributed by atoms with Crippen LogP contribution in [0.15, 0.2) is 42.7 Å². The molecule has 1 fully saturated rings. The quantitative estimate of drug-likeness (QED) is 0.923. The molecule has 0 radical (unpaired) electrons. The Morgan fingerprint density at radius 1 is 1.25 bits per heavy atom. The third-order valence-corrected chi connectivity index (χ3v) is 3.58. The first-order valence-corrected chi connectivity index (χ1v) is 6.59. The summed E-state index contributed by atoms with van der Waals surface area (Å²) in [5.41, 5.74) is 1.89. The number of anilines is 1. The monoisotopic (exact) mass is 269 g/mol. The Morgan fingerprint density at radius 3 is 2.75 bits per heavy atom. The molecule has 1 N–H and O–H groups in total. The molecule has 1 aliphatic rings. The Kier molecular flexibility index (Phi) is 3.33. The lowest BCUT2D eigenvalue weighted by atomic mass is 10.1. The number of hydrogen-bond donors (Lipinski definition) is 1. The number of nitrogens with zero attached hydrogens (tertiary/aromatic N) is 3. The van der Waals surface area contributed by atoms with Crippen LogP contribution in [0.4, 0.5) is 5.82 Å². The SMILES string of the molecule is O=C(O)[C@@H]1CCN(c2cc(-c3ccccc3)ncn2)C1. The van der Waals surface area contributed by atoms with Crippen molar-refractivity contribution in [1.29, 1.82) is 0 Å². The Hall–Kier alpha value is -2.43. The number of aromatic nitrogens is 2. The topological polar surface area (TPSA) is 66.3 Å². The van der Waals surface area contributed by atoms with Crippen LogP contribution >= 0.6 is 0 Å². The molecule has 0 spiro atoms. The summed E-state index contributed by atoms with van der Waals surface area (Å²) in [6.45, 7) is 1.24. The number of carboxylic acids is 1. The van der Waals surface area contributed by atoms with Crippen molar-refractivity contribution in [2.24, 2.45) is 5.92 Å². The fraction of sp³-hybridized carbons (Fsp3) is 0.267. The van der Waals surface area contributed by atoms with Gasteiger partial charge >= 0.3 is 5.97 Å². The average molecular weight is 269 g/mol. The van der Waals surface area contributed by atoms with E-state index in [1.807, 2.05) is 41.3 Å². The van der Waals surface area contributed by atoms with E-state index >= 15 is 0 Å². The summed E-state index contributed by atoms with van der Waals surface area (Å²) in [6, 6.07) is 11.8. The molecule has 0 bridgehead atoms. The molecule has 0 saturated carbocycles. The summed E-state index contributed by atoms with van der Waals surface area (Å²) in [6.07, 6.45) is 2.20. The van der Waals surface area contributed by atoms with Crippen LogP contribution in [0, 0.1) is 5.92 Å². The van der Waals surface area contributed by atoms with Gasteiger partial charge in [0.05, 0.1) is 11.6 Å². The van der Waals surface area contributed by atoms with Crippen LogP contribution in [0.1, 0.15) is 6.42 Å². The molecule has 1 saturated heterocycles. The van der Waals surface area contributed by atoms with Gasteiger partial charge in [-0.2, -0.15) is 0 Å². The molecule has 1 aliphatic heterocycles. The molecule has 102 valence electrons. The molecule has 20 heavy (non-hydrogen) atoms. The van der Waals surface area contributed by atoms with Crippen molar-refractivity contribution < 1.29 is 9.90 Å². The number of hydrogen-bond acceptors (Lipinski definition) is 4. The van der Waals surface area contributed by atoms with E-state index in [1.54, 1.807) is 0 Å². The number of carbonyl (C=O) groups is 1. The van der Waals surface area contributed by atoms with Crippen molar-refractivity contribution in [3.63, 3.8) is 0 Å². The highest BCUT2D eigenvalue weighted by molar-refractivity contribution is 5.72. The van der Waals surface area contributed by atoms with Gasteiger partial charge in [0.1, 0.15) is 12.1 Å². The maximum atomic E-state index is 11.0. The molecule has 1 aromatic carbocycles. The highest BCUT2D eigenvalue weighted by atomic mass is 16.4. The van der Waals surface area contributed by atoms with Crippen molar-refractivity contribution in [2.75, 3.05) is 18.0 Å². The Balaban J connectivity index is 1.84. The van der Waals surface area contributed by atoms with Crippen LogP contribution in [0.5, 0.6) is 0 Å². The summed E-state index contributed by atoms with van der Waals surface area (Å²) in [5.74, 6) is -0.238. The molecule has 2 heterocycles. The zero-order valence-corrected chi connectivity index (χ0v) is 10.9. The second kappa shape index (κ2) is 5.28. The maximum Gasteiger partial charge on any atom is 0.308 e. The van der Waals surface area contributed by atoms with Gasteiger partial charge < -0.3 is 10.0 Å². The van der Waals surface area contributed by atoms with Crippen molar-refractivity contribution in [2.45, 2.75) is 6.42 Å². The number of aliphatic carboxylic acids is 1. The molecule has 5 heteroatoms. The third kappa shape index (κ3) is 2.47. The zero-order valence-electron chi connectivity index (χ0n) is 10.9. The lowest BCUT2D eigenvalue weighted by molar-refractivity contribution is -0.140. The predicted octanol–water partition coefficient (Wildman–Crippen LogP) is 2.05. The van der Waals surface area contributed by atoms with Gasteiger partial charge in [0.2, 0.25) is 0 Å². The van der Waals surface area contributed by atoms with E-state index in [-0.39, 0.29) is 5.92 Å². The van der Waals surface area contributed by atoms with Crippen LogP contribution in [-0.2, 0) is 4.79 Å². The lowest BCUT2D eigenvalue weighted by Crippen LogP contribution is -2.23. The van der Waals surface area contributed by atoms with E-state index < -0.39 is 5.97 Å². The maximum absolute atomic E-state index is 11.0. The summed E-state index contributed by atoms with van der Waals surface area (Å²) in [4.78, 5) is 21.6. The molecule has 0 aliphatic carbocycles. The highest BCUT2D eigenvalue weighted by Crippen LogP contribution is 2.25. The van der Waals surface area contributed by atoms with Gasteiger partial charge in [-0.05, 0) is 6.42 Å². The van der Waals surface area contributed by atoms with E-state index in [0.29, 0.717) is 13.0 Å². The van der Waals surface area contributed by atoms with Gasteiger partial charge in [0, 0.05) is 24.7 Å². The minimum Gasteiger partial charge on any atom is -0.481 e. The number of benzene rings is 1. The van der Waals surface area contributed by atoms with E-state index in [1.165, 1.54) is 6.33 Å². The molecular weight excluding hydrogens is 254 g/mol. The molecule has 1 aromatic heterocycles. The smallest absolute Gasteiger partial charge is 0.308 e.